The Morgan fingerprint density at radius 2 is 2.11 bits per heavy atom. The third-order valence-electron chi connectivity index (χ3n) is 4.21. The number of carbonyl (C=O) groups is 1. The molecule has 2 N–H and O–H groups in total. The van der Waals surface area contributed by atoms with E-state index in [2.05, 4.69) is 36.3 Å². The molecular formula is C15H25N3O. The number of aromatic nitrogens is 2. The second-order valence-corrected chi connectivity index (χ2v) is 5.96. The predicted molar refractivity (Wildman–Crippen MR) is 76.2 cm³/mol. The number of carbonyl (C=O) groups excluding carboxylic acids is 1. The van der Waals surface area contributed by atoms with Crippen LogP contribution in [0.5, 0.6) is 0 Å². The van der Waals surface area contributed by atoms with Crippen LogP contribution in [0.2, 0.25) is 0 Å². The van der Waals surface area contributed by atoms with Gasteiger partial charge < -0.3 is 5.32 Å². The first-order valence-corrected chi connectivity index (χ1v) is 7.46. The highest BCUT2D eigenvalue weighted by atomic mass is 16.2. The van der Waals surface area contributed by atoms with E-state index in [4.69, 9.17) is 0 Å². The molecule has 1 aliphatic rings. The topological polar surface area (TPSA) is 57.8 Å². The molecule has 1 aromatic heterocycles. The first-order valence-electron chi connectivity index (χ1n) is 7.46. The zero-order valence-electron chi connectivity index (χ0n) is 12.2. The number of amides is 1. The van der Waals surface area contributed by atoms with Gasteiger partial charge in [0.1, 0.15) is 5.69 Å². The molecule has 0 atom stereocenters. The van der Waals surface area contributed by atoms with Crippen LogP contribution in [-0.2, 0) is 0 Å². The maximum Gasteiger partial charge on any atom is 0.271 e. The normalized spacial score (nSPS) is 23.6. The summed E-state index contributed by atoms with van der Waals surface area (Å²) in [6.45, 7) is 6.42. The maximum atomic E-state index is 12.1. The molecule has 0 saturated heterocycles. The molecule has 0 aromatic carbocycles. The van der Waals surface area contributed by atoms with Crippen LogP contribution in [0.3, 0.4) is 0 Å². The molecule has 4 heteroatoms. The molecule has 1 amide bonds. The summed E-state index contributed by atoms with van der Waals surface area (Å²) >= 11 is 0. The lowest BCUT2D eigenvalue weighted by molar-refractivity contribution is 0.0916. The number of rotatable bonds is 4. The third kappa shape index (κ3) is 3.58. The van der Waals surface area contributed by atoms with Gasteiger partial charge >= 0.3 is 0 Å². The maximum absolute atomic E-state index is 12.1. The average molecular weight is 263 g/mol. The van der Waals surface area contributed by atoms with E-state index in [9.17, 15) is 4.79 Å². The van der Waals surface area contributed by atoms with Crippen molar-refractivity contribution in [1.29, 1.82) is 0 Å². The van der Waals surface area contributed by atoms with Crippen LogP contribution in [0.1, 0.15) is 75.0 Å². The lowest BCUT2D eigenvalue weighted by Crippen LogP contribution is -2.37. The largest absolute Gasteiger partial charge is 0.348 e. The van der Waals surface area contributed by atoms with Gasteiger partial charge in [0.05, 0.1) is 0 Å². The van der Waals surface area contributed by atoms with Gasteiger partial charge in [0.25, 0.3) is 5.91 Å². The van der Waals surface area contributed by atoms with E-state index in [-0.39, 0.29) is 5.91 Å². The van der Waals surface area contributed by atoms with Gasteiger partial charge in [0.15, 0.2) is 0 Å². The average Bonchev–Trinajstić information content (AvgIpc) is 2.89. The van der Waals surface area contributed by atoms with Crippen molar-refractivity contribution in [1.82, 2.24) is 15.5 Å². The second kappa shape index (κ2) is 6.22. The minimum Gasteiger partial charge on any atom is -0.348 e. The highest BCUT2D eigenvalue weighted by Gasteiger charge is 2.22. The van der Waals surface area contributed by atoms with Crippen LogP contribution in [0.25, 0.3) is 0 Å². The highest BCUT2D eigenvalue weighted by Crippen LogP contribution is 2.26. The molecule has 0 bridgehead atoms. The molecule has 1 saturated carbocycles. The van der Waals surface area contributed by atoms with E-state index in [1.807, 2.05) is 6.07 Å². The van der Waals surface area contributed by atoms with Gasteiger partial charge in [0.2, 0.25) is 0 Å². The van der Waals surface area contributed by atoms with E-state index in [1.54, 1.807) is 0 Å². The zero-order valence-corrected chi connectivity index (χ0v) is 12.2. The Balaban J connectivity index is 1.87. The quantitative estimate of drug-likeness (QED) is 0.876. The number of nitrogens with zero attached hydrogens (tertiary/aromatic N) is 1. The monoisotopic (exact) mass is 263 g/mol. The van der Waals surface area contributed by atoms with E-state index in [0.717, 1.165) is 24.5 Å². The Labute approximate surface area is 115 Å². The fraction of sp³-hybridized carbons (Fsp3) is 0.733. The van der Waals surface area contributed by atoms with Gasteiger partial charge in [-0.3, -0.25) is 9.89 Å². The molecule has 1 aromatic rings. The van der Waals surface area contributed by atoms with Gasteiger partial charge in [0, 0.05) is 11.7 Å². The summed E-state index contributed by atoms with van der Waals surface area (Å²) < 4.78 is 0. The van der Waals surface area contributed by atoms with Crippen LogP contribution < -0.4 is 5.32 Å². The van der Waals surface area contributed by atoms with Crippen molar-refractivity contribution < 1.29 is 4.79 Å². The van der Waals surface area contributed by atoms with Gasteiger partial charge in [-0.1, -0.05) is 27.2 Å². The minimum absolute atomic E-state index is 0.0388. The summed E-state index contributed by atoms with van der Waals surface area (Å²) in [7, 11) is 0. The van der Waals surface area contributed by atoms with Crippen molar-refractivity contribution >= 4 is 5.91 Å². The molecule has 1 aliphatic carbocycles. The third-order valence-corrected chi connectivity index (χ3v) is 4.21. The van der Waals surface area contributed by atoms with Gasteiger partial charge in [-0.15, -0.1) is 0 Å². The summed E-state index contributed by atoms with van der Waals surface area (Å²) in [5, 5.41) is 10.1. The Hall–Kier alpha value is -1.32. The van der Waals surface area contributed by atoms with Crippen molar-refractivity contribution in [3.8, 4) is 0 Å². The number of nitrogens with one attached hydrogen (secondary N) is 2. The summed E-state index contributed by atoms with van der Waals surface area (Å²) in [5.41, 5.74) is 1.53. The van der Waals surface area contributed by atoms with Crippen molar-refractivity contribution in [2.75, 3.05) is 0 Å². The van der Waals surface area contributed by atoms with Gasteiger partial charge in [-0.2, -0.15) is 5.10 Å². The van der Waals surface area contributed by atoms with E-state index < -0.39 is 0 Å². The van der Waals surface area contributed by atoms with Crippen LogP contribution >= 0.6 is 0 Å². The molecule has 0 radical (unpaired) electrons. The fourth-order valence-electron chi connectivity index (χ4n) is 2.72. The van der Waals surface area contributed by atoms with Gasteiger partial charge in [-0.25, -0.2) is 0 Å². The molecule has 2 rings (SSSR count). The molecule has 19 heavy (non-hydrogen) atoms. The minimum atomic E-state index is -0.0388. The molecule has 106 valence electrons. The van der Waals surface area contributed by atoms with Crippen LogP contribution in [-0.4, -0.2) is 22.1 Å². The van der Waals surface area contributed by atoms with Crippen molar-refractivity contribution in [2.45, 2.75) is 64.8 Å². The summed E-state index contributed by atoms with van der Waals surface area (Å²) in [5.74, 6) is 1.18. The Bertz CT molecular complexity index is 417. The fourth-order valence-corrected chi connectivity index (χ4v) is 2.72. The molecule has 1 fully saturated rings. The number of H-pyrrole nitrogens is 1. The molecule has 0 aliphatic heterocycles. The van der Waals surface area contributed by atoms with Gasteiger partial charge in [-0.05, 0) is 43.6 Å². The summed E-state index contributed by atoms with van der Waals surface area (Å²) in [6, 6.07) is 2.19. The SMILES string of the molecule is CCC1CCC(NC(=O)c2cc(C(C)C)[nH]n2)CC1. The molecule has 4 nitrogen and oxygen atoms in total. The summed E-state index contributed by atoms with van der Waals surface area (Å²) in [6.07, 6.45) is 5.94. The zero-order chi connectivity index (χ0) is 13.8. The van der Waals surface area contributed by atoms with Crippen LogP contribution in [0, 0.1) is 5.92 Å². The van der Waals surface area contributed by atoms with E-state index >= 15 is 0 Å². The smallest absolute Gasteiger partial charge is 0.271 e. The Morgan fingerprint density at radius 3 is 2.63 bits per heavy atom. The van der Waals surface area contributed by atoms with Crippen molar-refractivity contribution in [3.63, 3.8) is 0 Å². The number of hydrogen-bond donors (Lipinski definition) is 2. The standard InChI is InChI=1S/C15H25N3O/c1-4-11-5-7-12(8-6-11)16-15(19)14-9-13(10(2)3)17-18-14/h9-12H,4-8H2,1-3H3,(H,16,19)(H,17,18). The van der Waals surface area contributed by atoms with Crippen LogP contribution in [0.4, 0.5) is 0 Å². The second-order valence-electron chi connectivity index (χ2n) is 5.96. The van der Waals surface area contributed by atoms with Crippen molar-refractivity contribution in [2.24, 2.45) is 5.92 Å². The van der Waals surface area contributed by atoms with Crippen LogP contribution in [0.15, 0.2) is 6.07 Å². The van der Waals surface area contributed by atoms with E-state index in [0.29, 0.717) is 17.7 Å². The Kier molecular flexibility index (Phi) is 4.61. The highest BCUT2D eigenvalue weighted by molar-refractivity contribution is 5.92. The number of hydrogen-bond acceptors (Lipinski definition) is 2. The first-order chi connectivity index (χ1) is 9.10. The molecule has 0 spiro atoms. The number of aromatic amines is 1. The molecular weight excluding hydrogens is 238 g/mol. The lowest BCUT2D eigenvalue weighted by Gasteiger charge is -2.28. The molecule has 0 unspecified atom stereocenters. The van der Waals surface area contributed by atoms with E-state index in [1.165, 1.54) is 19.3 Å². The first kappa shape index (κ1) is 14.1. The summed E-state index contributed by atoms with van der Waals surface area (Å²) in [4.78, 5) is 12.1. The lowest BCUT2D eigenvalue weighted by atomic mass is 9.84. The van der Waals surface area contributed by atoms with Crippen molar-refractivity contribution in [3.05, 3.63) is 17.5 Å². The Morgan fingerprint density at radius 1 is 1.42 bits per heavy atom. The molecule has 1 heterocycles. The predicted octanol–water partition coefficient (Wildman–Crippen LogP) is 3.23.